The van der Waals surface area contributed by atoms with Gasteiger partial charge in [0.15, 0.2) is 23.0 Å². The number of hydrogen-bond acceptors (Lipinski definition) is 5. The van der Waals surface area contributed by atoms with Gasteiger partial charge in [0, 0.05) is 26.2 Å². The quantitative estimate of drug-likeness (QED) is 0.772. The molecule has 0 bridgehead atoms. The van der Waals surface area contributed by atoms with Crippen LogP contribution in [0.5, 0.6) is 23.0 Å². The first-order valence-electron chi connectivity index (χ1n) is 10.1. The van der Waals surface area contributed by atoms with Gasteiger partial charge in [0.05, 0.1) is 28.4 Å². The highest BCUT2D eigenvalue weighted by Gasteiger charge is 2.29. The number of carbonyl (C=O) groups excluding carboxylic acids is 1. The van der Waals surface area contributed by atoms with E-state index in [0.717, 1.165) is 35.5 Å². The Balaban J connectivity index is 1.51. The molecule has 7 nitrogen and oxygen atoms in total. The van der Waals surface area contributed by atoms with Gasteiger partial charge in [-0.15, -0.1) is 0 Å². The molecule has 0 aliphatic carbocycles. The lowest BCUT2D eigenvalue weighted by Gasteiger charge is -2.36. The van der Waals surface area contributed by atoms with E-state index in [2.05, 4.69) is 0 Å². The number of urea groups is 1. The highest BCUT2D eigenvalue weighted by Crippen LogP contribution is 2.35. The number of ether oxygens (including phenoxy) is 4. The molecule has 2 heterocycles. The summed E-state index contributed by atoms with van der Waals surface area (Å²) in [5, 5.41) is 0. The Bertz CT molecular complexity index is 884. The smallest absolute Gasteiger partial charge is 0.320 e. The van der Waals surface area contributed by atoms with Crippen LogP contribution in [0.15, 0.2) is 24.3 Å². The Morgan fingerprint density at radius 3 is 1.30 bits per heavy atom. The fraction of sp³-hybridized carbons (Fsp3) is 0.435. The molecule has 2 aromatic rings. The molecule has 2 aliphatic rings. The third-order valence-corrected chi connectivity index (χ3v) is 5.98. The van der Waals surface area contributed by atoms with Gasteiger partial charge in [-0.2, -0.15) is 0 Å². The average Bonchev–Trinajstić information content (AvgIpc) is 2.80. The summed E-state index contributed by atoms with van der Waals surface area (Å²) in [4.78, 5) is 17.1. The third kappa shape index (κ3) is 3.60. The fourth-order valence-corrected chi connectivity index (χ4v) is 4.29. The van der Waals surface area contributed by atoms with Gasteiger partial charge < -0.3 is 28.7 Å². The van der Waals surface area contributed by atoms with Crippen LogP contribution in [0.25, 0.3) is 0 Å². The largest absolute Gasteiger partial charge is 0.493 e. The van der Waals surface area contributed by atoms with E-state index < -0.39 is 0 Å². The lowest BCUT2D eigenvalue weighted by Crippen LogP contribution is -2.47. The minimum absolute atomic E-state index is 0.0656. The predicted octanol–water partition coefficient (Wildman–Crippen LogP) is 3.26. The molecule has 0 spiro atoms. The van der Waals surface area contributed by atoms with Gasteiger partial charge in [0.2, 0.25) is 0 Å². The van der Waals surface area contributed by atoms with Crippen molar-refractivity contribution < 1.29 is 23.7 Å². The van der Waals surface area contributed by atoms with E-state index in [4.69, 9.17) is 18.9 Å². The first-order valence-corrected chi connectivity index (χ1v) is 10.1. The van der Waals surface area contributed by atoms with Gasteiger partial charge in [0.25, 0.3) is 0 Å². The third-order valence-electron chi connectivity index (χ3n) is 5.98. The maximum Gasteiger partial charge on any atom is 0.320 e. The molecule has 2 amide bonds. The number of carbonyl (C=O) groups is 1. The maximum absolute atomic E-state index is 13.3. The number of fused-ring (bicyclic) bond motifs is 2. The number of benzene rings is 2. The molecule has 0 aromatic heterocycles. The van der Waals surface area contributed by atoms with Crippen molar-refractivity contribution in [1.29, 1.82) is 0 Å². The molecule has 0 fully saturated rings. The van der Waals surface area contributed by atoms with Crippen molar-refractivity contribution >= 4 is 6.03 Å². The highest BCUT2D eigenvalue weighted by atomic mass is 16.5. The second-order valence-electron chi connectivity index (χ2n) is 7.58. The second kappa shape index (κ2) is 8.34. The maximum atomic E-state index is 13.3. The van der Waals surface area contributed by atoms with Crippen LogP contribution in [0.1, 0.15) is 22.3 Å². The van der Waals surface area contributed by atoms with Gasteiger partial charge >= 0.3 is 6.03 Å². The molecule has 160 valence electrons. The van der Waals surface area contributed by atoms with Gasteiger partial charge in [-0.05, 0) is 59.4 Å². The second-order valence-corrected chi connectivity index (χ2v) is 7.58. The van der Waals surface area contributed by atoms with Crippen molar-refractivity contribution in [2.45, 2.75) is 25.9 Å². The summed E-state index contributed by atoms with van der Waals surface area (Å²) in [5.41, 5.74) is 4.63. The first kappa shape index (κ1) is 20.2. The number of amides is 2. The molecule has 0 saturated carbocycles. The van der Waals surface area contributed by atoms with E-state index in [1.54, 1.807) is 28.4 Å². The molecule has 0 radical (unpaired) electrons. The Kier molecular flexibility index (Phi) is 5.61. The molecule has 0 saturated heterocycles. The summed E-state index contributed by atoms with van der Waals surface area (Å²) in [5.74, 6) is 2.85. The summed E-state index contributed by atoms with van der Waals surface area (Å²) < 4.78 is 21.7. The van der Waals surface area contributed by atoms with Crippen LogP contribution in [0.4, 0.5) is 4.79 Å². The SMILES string of the molecule is COc1cc2c(cc1OC)CN(C(=O)N1CCc3cc(OC)c(OC)cc3C1)CC2. The number of rotatable bonds is 4. The van der Waals surface area contributed by atoms with Crippen molar-refractivity contribution in [2.75, 3.05) is 41.5 Å². The molecule has 0 atom stereocenters. The van der Waals surface area contributed by atoms with Crippen LogP contribution in [-0.4, -0.2) is 57.4 Å². The number of nitrogens with zero attached hydrogens (tertiary/aromatic N) is 2. The Hall–Kier alpha value is -3.09. The standard InChI is InChI=1S/C23H28N2O5/c1-27-19-9-15-5-7-24(13-17(15)11-21(19)29-3)23(26)25-8-6-16-10-20(28-2)22(30-4)12-18(16)14-25/h9-12H,5-8,13-14H2,1-4H3. The van der Waals surface area contributed by atoms with E-state index in [-0.39, 0.29) is 6.03 Å². The highest BCUT2D eigenvalue weighted by molar-refractivity contribution is 5.75. The molecule has 0 N–H and O–H groups in total. The lowest BCUT2D eigenvalue weighted by atomic mass is 9.97. The van der Waals surface area contributed by atoms with Crippen LogP contribution in [0.2, 0.25) is 0 Å². The first-order chi connectivity index (χ1) is 14.6. The minimum atomic E-state index is 0.0656. The lowest BCUT2D eigenvalue weighted by molar-refractivity contribution is 0.142. The van der Waals surface area contributed by atoms with Crippen molar-refractivity contribution in [2.24, 2.45) is 0 Å². The summed E-state index contributed by atoms with van der Waals surface area (Å²) >= 11 is 0. The summed E-state index contributed by atoms with van der Waals surface area (Å²) in [6.07, 6.45) is 1.60. The molecule has 7 heteroatoms. The van der Waals surface area contributed by atoms with Crippen molar-refractivity contribution in [3.8, 4) is 23.0 Å². The van der Waals surface area contributed by atoms with Gasteiger partial charge in [-0.3, -0.25) is 0 Å². The normalized spacial score (nSPS) is 15.2. The van der Waals surface area contributed by atoms with Crippen LogP contribution in [0, 0.1) is 0 Å². The fourth-order valence-electron chi connectivity index (χ4n) is 4.29. The van der Waals surface area contributed by atoms with E-state index in [1.165, 1.54) is 11.1 Å². The Morgan fingerprint density at radius 2 is 0.967 bits per heavy atom. The summed E-state index contributed by atoms with van der Waals surface area (Å²) in [7, 11) is 6.54. The van der Waals surface area contributed by atoms with Crippen molar-refractivity contribution in [1.82, 2.24) is 9.80 Å². The van der Waals surface area contributed by atoms with Crippen molar-refractivity contribution in [3.63, 3.8) is 0 Å². The monoisotopic (exact) mass is 412 g/mol. The Labute approximate surface area is 177 Å². The van der Waals surface area contributed by atoms with Crippen LogP contribution >= 0.6 is 0 Å². The molecular formula is C23H28N2O5. The summed E-state index contributed by atoms with van der Waals surface area (Å²) in [6, 6.07) is 8.07. The topological polar surface area (TPSA) is 60.5 Å². The van der Waals surface area contributed by atoms with E-state index in [0.29, 0.717) is 37.7 Å². The molecule has 2 aromatic carbocycles. The van der Waals surface area contributed by atoms with E-state index >= 15 is 0 Å². The van der Waals surface area contributed by atoms with E-state index in [9.17, 15) is 4.79 Å². The molecule has 30 heavy (non-hydrogen) atoms. The molecule has 0 unspecified atom stereocenters. The molecule has 2 aliphatic heterocycles. The van der Waals surface area contributed by atoms with Crippen LogP contribution < -0.4 is 18.9 Å². The zero-order valence-corrected chi connectivity index (χ0v) is 18.0. The summed E-state index contributed by atoms with van der Waals surface area (Å²) in [6.45, 7) is 2.53. The van der Waals surface area contributed by atoms with Crippen LogP contribution in [-0.2, 0) is 25.9 Å². The molecule has 4 rings (SSSR count). The number of methoxy groups -OCH3 is 4. The van der Waals surface area contributed by atoms with Crippen molar-refractivity contribution in [3.05, 3.63) is 46.5 Å². The Morgan fingerprint density at radius 1 is 0.633 bits per heavy atom. The number of hydrogen-bond donors (Lipinski definition) is 0. The minimum Gasteiger partial charge on any atom is -0.493 e. The zero-order valence-electron chi connectivity index (χ0n) is 18.0. The molecular weight excluding hydrogens is 384 g/mol. The van der Waals surface area contributed by atoms with Gasteiger partial charge in [-0.25, -0.2) is 4.79 Å². The van der Waals surface area contributed by atoms with E-state index in [1.807, 2.05) is 34.1 Å². The van der Waals surface area contributed by atoms with Gasteiger partial charge in [0.1, 0.15) is 0 Å². The average molecular weight is 412 g/mol. The van der Waals surface area contributed by atoms with Gasteiger partial charge in [-0.1, -0.05) is 0 Å². The van der Waals surface area contributed by atoms with Crippen LogP contribution in [0.3, 0.4) is 0 Å². The predicted molar refractivity (Wildman–Crippen MR) is 113 cm³/mol. The zero-order chi connectivity index (χ0) is 21.3.